The minimum Gasteiger partial charge on any atom is -0.339 e. The molecule has 0 aromatic heterocycles. The number of hydrogen-bond acceptors (Lipinski definition) is 3. The molecule has 0 aliphatic carbocycles. The fourth-order valence-corrected chi connectivity index (χ4v) is 4.62. The van der Waals surface area contributed by atoms with Gasteiger partial charge in [0.05, 0.1) is 4.90 Å². The molecule has 0 atom stereocenters. The molecule has 1 N–H and O–H groups in total. The molecule has 1 saturated heterocycles. The van der Waals surface area contributed by atoms with Crippen LogP contribution in [-0.4, -0.2) is 38.9 Å². The van der Waals surface area contributed by atoms with E-state index >= 15 is 0 Å². The van der Waals surface area contributed by atoms with E-state index in [1.165, 1.54) is 24.3 Å². The van der Waals surface area contributed by atoms with Crippen LogP contribution in [0.3, 0.4) is 0 Å². The topological polar surface area (TPSA) is 66.5 Å². The van der Waals surface area contributed by atoms with Crippen LogP contribution in [0.1, 0.15) is 35.2 Å². The van der Waals surface area contributed by atoms with Crippen molar-refractivity contribution in [3.05, 3.63) is 65.5 Å². The Labute approximate surface area is 165 Å². The SMILES string of the molecule is Cc1cccc(S(=O)(=O)NCCC2CCN(C(=O)c3ccc(F)cc3)CC2)c1. The van der Waals surface area contributed by atoms with E-state index in [4.69, 9.17) is 0 Å². The fourth-order valence-electron chi connectivity index (χ4n) is 3.46. The lowest BCUT2D eigenvalue weighted by Crippen LogP contribution is -2.39. The maximum atomic E-state index is 13.0. The number of nitrogens with zero attached hydrogens (tertiary/aromatic N) is 1. The predicted molar refractivity (Wildman–Crippen MR) is 106 cm³/mol. The van der Waals surface area contributed by atoms with Crippen molar-refractivity contribution in [2.75, 3.05) is 19.6 Å². The number of amides is 1. The third kappa shape index (κ3) is 5.17. The molecule has 0 saturated carbocycles. The van der Waals surface area contributed by atoms with Crippen LogP contribution in [0.15, 0.2) is 53.4 Å². The molecule has 0 bridgehead atoms. The van der Waals surface area contributed by atoms with Gasteiger partial charge in [-0.05, 0) is 74.1 Å². The van der Waals surface area contributed by atoms with Gasteiger partial charge in [-0.1, -0.05) is 12.1 Å². The third-order valence-corrected chi connectivity index (χ3v) is 6.60. The largest absolute Gasteiger partial charge is 0.339 e. The molecule has 0 unspecified atom stereocenters. The molecule has 150 valence electrons. The van der Waals surface area contributed by atoms with E-state index in [2.05, 4.69) is 4.72 Å². The summed E-state index contributed by atoms with van der Waals surface area (Å²) in [4.78, 5) is 14.5. The van der Waals surface area contributed by atoms with E-state index in [9.17, 15) is 17.6 Å². The average Bonchev–Trinajstić information content (AvgIpc) is 2.68. The van der Waals surface area contributed by atoms with E-state index in [1.54, 1.807) is 23.1 Å². The summed E-state index contributed by atoms with van der Waals surface area (Å²) in [6, 6.07) is 12.4. The number of hydrogen-bond donors (Lipinski definition) is 1. The van der Waals surface area contributed by atoms with Crippen molar-refractivity contribution in [1.29, 1.82) is 0 Å². The molecule has 7 heteroatoms. The minimum atomic E-state index is -3.49. The second kappa shape index (κ2) is 8.84. The smallest absolute Gasteiger partial charge is 0.253 e. The summed E-state index contributed by atoms with van der Waals surface area (Å²) < 4.78 is 40.4. The highest BCUT2D eigenvalue weighted by Gasteiger charge is 2.24. The molecule has 2 aromatic rings. The molecule has 1 amide bonds. The van der Waals surface area contributed by atoms with Gasteiger partial charge in [-0.15, -0.1) is 0 Å². The number of piperidine rings is 1. The van der Waals surface area contributed by atoms with Crippen molar-refractivity contribution in [3.8, 4) is 0 Å². The molecule has 0 radical (unpaired) electrons. The van der Waals surface area contributed by atoms with Gasteiger partial charge in [-0.3, -0.25) is 4.79 Å². The molecule has 1 aliphatic heterocycles. The van der Waals surface area contributed by atoms with Gasteiger partial charge in [-0.25, -0.2) is 17.5 Å². The normalized spacial score (nSPS) is 15.6. The number of carbonyl (C=O) groups excluding carboxylic acids is 1. The standard InChI is InChI=1S/C21H25FN2O3S/c1-16-3-2-4-20(15-16)28(26,27)23-12-9-17-10-13-24(14-11-17)21(25)18-5-7-19(22)8-6-18/h2-8,15,17,23H,9-14H2,1H3. The molecule has 1 aliphatic rings. The summed E-state index contributed by atoms with van der Waals surface area (Å²) >= 11 is 0. The zero-order chi connectivity index (χ0) is 20.1. The van der Waals surface area contributed by atoms with Crippen molar-refractivity contribution >= 4 is 15.9 Å². The molecule has 28 heavy (non-hydrogen) atoms. The summed E-state index contributed by atoms with van der Waals surface area (Å²) in [5.41, 5.74) is 1.40. The monoisotopic (exact) mass is 404 g/mol. The van der Waals surface area contributed by atoms with Crippen molar-refractivity contribution in [2.24, 2.45) is 5.92 Å². The molecule has 0 spiro atoms. The highest BCUT2D eigenvalue weighted by Crippen LogP contribution is 2.22. The first-order chi connectivity index (χ1) is 13.3. The summed E-state index contributed by atoms with van der Waals surface area (Å²) in [5.74, 6) is -0.0700. The number of carbonyl (C=O) groups is 1. The highest BCUT2D eigenvalue weighted by molar-refractivity contribution is 7.89. The van der Waals surface area contributed by atoms with Crippen molar-refractivity contribution < 1.29 is 17.6 Å². The minimum absolute atomic E-state index is 0.0846. The van der Waals surface area contributed by atoms with Crippen LogP contribution in [0, 0.1) is 18.7 Å². The Balaban J connectivity index is 1.46. The highest BCUT2D eigenvalue weighted by atomic mass is 32.2. The molecular formula is C21H25FN2O3S. The van der Waals surface area contributed by atoms with E-state index in [0.29, 0.717) is 31.1 Å². The second-order valence-electron chi connectivity index (χ2n) is 7.25. The van der Waals surface area contributed by atoms with Gasteiger partial charge in [0.2, 0.25) is 10.0 Å². The molecule has 1 heterocycles. The predicted octanol–water partition coefficient (Wildman–Crippen LogP) is 3.35. The number of benzene rings is 2. The summed E-state index contributed by atoms with van der Waals surface area (Å²) in [6.45, 7) is 3.50. The second-order valence-corrected chi connectivity index (χ2v) is 9.01. The zero-order valence-corrected chi connectivity index (χ0v) is 16.7. The first-order valence-electron chi connectivity index (χ1n) is 9.46. The molecule has 1 fully saturated rings. The molecular weight excluding hydrogens is 379 g/mol. The first-order valence-corrected chi connectivity index (χ1v) is 10.9. The van der Waals surface area contributed by atoms with Crippen LogP contribution >= 0.6 is 0 Å². The Morgan fingerprint density at radius 1 is 1.14 bits per heavy atom. The number of likely N-dealkylation sites (tertiary alicyclic amines) is 1. The number of aryl methyl sites for hydroxylation is 1. The van der Waals surface area contributed by atoms with E-state index in [-0.39, 0.29) is 16.6 Å². The fraction of sp³-hybridized carbons (Fsp3) is 0.381. The summed E-state index contributed by atoms with van der Waals surface area (Å²) in [7, 11) is -3.49. The number of rotatable bonds is 6. The van der Waals surface area contributed by atoms with Gasteiger partial charge in [0.25, 0.3) is 5.91 Å². The lowest BCUT2D eigenvalue weighted by atomic mass is 9.93. The van der Waals surface area contributed by atoms with Crippen LogP contribution in [0.2, 0.25) is 0 Å². The zero-order valence-electron chi connectivity index (χ0n) is 15.9. The van der Waals surface area contributed by atoms with Crippen molar-refractivity contribution in [2.45, 2.75) is 31.1 Å². The maximum Gasteiger partial charge on any atom is 0.253 e. The number of halogens is 1. The first kappa shape index (κ1) is 20.5. The van der Waals surface area contributed by atoms with Gasteiger partial charge in [0, 0.05) is 25.2 Å². The quantitative estimate of drug-likeness (QED) is 0.803. The van der Waals surface area contributed by atoms with Crippen LogP contribution < -0.4 is 4.72 Å². The number of sulfonamides is 1. The Morgan fingerprint density at radius 2 is 1.82 bits per heavy atom. The Morgan fingerprint density at radius 3 is 2.46 bits per heavy atom. The Bertz CT molecular complexity index is 921. The maximum absolute atomic E-state index is 13.0. The Kier molecular flexibility index (Phi) is 6.46. The van der Waals surface area contributed by atoms with Gasteiger partial charge >= 0.3 is 0 Å². The summed E-state index contributed by atoms with van der Waals surface area (Å²) in [5, 5.41) is 0. The van der Waals surface area contributed by atoms with E-state index < -0.39 is 10.0 Å². The van der Waals surface area contributed by atoms with Gasteiger partial charge in [0.1, 0.15) is 5.82 Å². The molecule has 5 nitrogen and oxygen atoms in total. The van der Waals surface area contributed by atoms with E-state index in [1.807, 2.05) is 13.0 Å². The third-order valence-electron chi connectivity index (χ3n) is 5.14. The van der Waals surface area contributed by atoms with E-state index in [0.717, 1.165) is 24.8 Å². The van der Waals surface area contributed by atoms with Crippen molar-refractivity contribution in [1.82, 2.24) is 9.62 Å². The summed E-state index contributed by atoms with van der Waals surface area (Å²) in [6.07, 6.45) is 2.40. The van der Waals surface area contributed by atoms with Gasteiger partial charge in [0.15, 0.2) is 0 Å². The molecule has 2 aromatic carbocycles. The average molecular weight is 405 g/mol. The van der Waals surface area contributed by atoms with Crippen LogP contribution in [-0.2, 0) is 10.0 Å². The van der Waals surface area contributed by atoms with Crippen LogP contribution in [0.25, 0.3) is 0 Å². The lowest BCUT2D eigenvalue weighted by Gasteiger charge is -2.32. The van der Waals surface area contributed by atoms with Gasteiger partial charge in [-0.2, -0.15) is 0 Å². The van der Waals surface area contributed by atoms with Crippen LogP contribution in [0.5, 0.6) is 0 Å². The van der Waals surface area contributed by atoms with Crippen LogP contribution in [0.4, 0.5) is 4.39 Å². The number of nitrogens with one attached hydrogen (secondary N) is 1. The lowest BCUT2D eigenvalue weighted by molar-refractivity contribution is 0.0687. The molecule has 3 rings (SSSR count). The van der Waals surface area contributed by atoms with Crippen molar-refractivity contribution in [3.63, 3.8) is 0 Å². The van der Waals surface area contributed by atoms with Gasteiger partial charge < -0.3 is 4.90 Å². The Hall–Kier alpha value is -2.25.